The Kier molecular flexibility index (Phi) is 4.89. The molecule has 6 nitrogen and oxygen atoms in total. The number of hydrogen-bond acceptors (Lipinski definition) is 4. The van der Waals surface area contributed by atoms with Crippen molar-refractivity contribution in [3.8, 4) is 0 Å². The first-order chi connectivity index (χ1) is 5.18. The van der Waals surface area contributed by atoms with Crippen molar-refractivity contribution in [3.05, 3.63) is 10.4 Å². The van der Waals surface area contributed by atoms with Crippen molar-refractivity contribution in [2.24, 2.45) is 5.11 Å². The van der Waals surface area contributed by atoms with E-state index in [0.717, 1.165) is 0 Å². The lowest BCUT2D eigenvalue weighted by atomic mass is 10.4. The fourth-order valence-electron chi connectivity index (χ4n) is 0.352. The lowest BCUT2D eigenvalue weighted by Gasteiger charge is -2.03. The van der Waals surface area contributed by atoms with Gasteiger partial charge in [-0.25, -0.2) is 4.79 Å². The molecule has 6 heteroatoms. The van der Waals surface area contributed by atoms with Crippen LogP contribution in [0.15, 0.2) is 5.11 Å². The minimum atomic E-state index is -1.12. The first-order valence-corrected chi connectivity index (χ1v) is 3.04. The number of rotatable bonds is 4. The van der Waals surface area contributed by atoms with Crippen LogP contribution < -0.4 is 0 Å². The minimum Gasteiger partial charge on any atom is -0.464 e. The molecule has 0 spiro atoms. The summed E-state index contributed by atoms with van der Waals surface area (Å²) in [7, 11) is 0. The van der Waals surface area contributed by atoms with Crippen LogP contribution >= 0.6 is 0 Å². The Balaban J connectivity index is 3.39. The van der Waals surface area contributed by atoms with E-state index in [1.165, 1.54) is 6.92 Å². The maximum Gasteiger partial charge on any atom is 0.334 e. The molecule has 1 atom stereocenters. The Morgan fingerprint density at radius 1 is 1.91 bits per heavy atom. The maximum atomic E-state index is 10.5. The summed E-state index contributed by atoms with van der Waals surface area (Å²) < 4.78 is 4.45. The molecule has 0 heterocycles. The molecule has 1 N–H and O–H groups in total. The van der Waals surface area contributed by atoms with Gasteiger partial charge in [-0.1, -0.05) is 5.11 Å². The molecule has 11 heavy (non-hydrogen) atoms. The topological polar surface area (TPSA) is 95.3 Å². The lowest BCUT2D eigenvalue weighted by Crippen LogP contribution is -2.20. The molecule has 0 aromatic heterocycles. The zero-order valence-corrected chi connectivity index (χ0v) is 6.10. The highest BCUT2D eigenvalue weighted by Crippen LogP contribution is 1.86. The van der Waals surface area contributed by atoms with Crippen molar-refractivity contribution in [2.45, 2.75) is 13.0 Å². The number of hydrogen-bond donors (Lipinski definition) is 1. The summed E-state index contributed by atoms with van der Waals surface area (Å²) in [6.45, 7) is 1.40. The van der Waals surface area contributed by atoms with Crippen molar-refractivity contribution in [3.63, 3.8) is 0 Å². The number of aliphatic hydroxyl groups excluding tert-OH is 1. The van der Waals surface area contributed by atoms with Crippen LogP contribution in [0.1, 0.15) is 6.92 Å². The van der Waals surface area contributed by atoms with E-state index >= 15 is 0 Å². The zero-order chi connectivity index (χ0) is 8.69. The predicted octanol–water partition coefficient (Wildman–Crippen LogP) is 0.221. The smallest absolute Gasteiger partial charge is 0.334 e. The molecular weight excluding hydrogens is 150 g/mol. The second kappa shape index (κ2) is 5.52. The Morgan fingerprint density at radius 3 is 3.00 bits per heavy atom. The molecule has 0 fully saturated rings. The molecule has 1 unspecified atom stereocenters. The highest BCUT2D eigenvalue weighted by molar-refractivity contribution is 5.73. The van der Waals surface area contributed by atoms with Gasteiger partial charge in [-0.15, -0.1) is 0 Å². The van der Waals surface area contributed by atoms with Crippen molar-refractivity contribution in [2.75, 3.05) is 13.2 Å². The van der Waals surface area contributed by atoms with E-state index in [-0.39, 0.29) is 13.2 Å². The standard InChI is InChI=1S/C5H9N3O3/c1-4(9)5(10)11-3-2-7-8-6/h4,9H,2-3H2,1H3. The fourth-order valence-corrected chi connectivity index (χ4v) is 0.352. The first-order valence-electron chi connectivity index (χ1n) is 3.04. The largest absolute Gasteiger partial charge is 0.464 e. The summed E-state index contributed by atoms with van der Waals surface area (Å²) >= 11 is 0. The van der Waals surface area contributed by atoms with Gasteiger partial charge in [0.05, 0.1) is 13.2 Å². The molecule has 0 aliphatic heterocycles. The van der Waals surface area contributed by atoms with Crippen LogP contribution in [0.3, 0.4) is 0 Å². The van der Waals surface area contributed by atoms with Crippen molar-refractivity contribution in [1.82, 2.24) is 0 Å². The number of carbonyl (C=O) groups is 1. The van der Waals surface area contributed by atoms with Gasteiger partial charge < -0.3 is 9.84 Å². The van der Waals surface area contributed by atoms with E-state index in [2.05, 4.69) is 14.8 Å². The van der Waals surface area contributed by atoms with Gasteiger partial charge in [0.1, 0.15) is 6.10 Å². The average molecular weight is 159 g/mol. The lowest BCUT2D eigenvalue weighted by molar-refractivity contribution is -0.152. The van der Waals surface area contributed by atoms with Crippen LogP contribution in [0.25, 0.3) is 10.4 Å². The predicted molar refractivity (Wildman–Crippen MR) is 36.7 cm³/mol. The first kappa shape index (κ1) is 9.74. The maximum absolute atomic E-state index is 10.5. The normalized spacial score (nSPS) is 11.5. The van der Waals surface area contributed by atoms with E-state index in [0.29, 0.717) is 0 Å². The van der Waals surface area contributed by atoms with Gasteiger partial charge in [0.25, 0.3) is 0 Å². The summed E-state index contributed by atoms with van der Waals surface area (Å²) in [4.78, 5) is 12.9. The third-order valence-corrected chi connectivity index (χ3v) is 0.840. The average Bonchev–Trinajstić information content (AvgIpc) is 1.97. The van der Waals surface area contributed by atoms with Crippen molar-refractivity contribution >= 4 is 5.97 Å². The minimum absolute atomic E-state index is 0.00773. The number of aliphatic hydroxyl groups is 1. The van der Waals surface area contributed by atoms with Gasteiger partial charge in [0, 0.05) is 4.91 Å². The molecule has 0 bridgehead atoms. The summed E-state index contributed by atoms with van der Waals surface area (Å²) in [5.74, 6) is -0.710. The molecule has 0 amide bonds. The Hall–Kier alpha value is -1.26. The summed E-state index contributed by atoms with van der Waals surface area (Å²) in [5.41, 5.74) is 7.81. The monoisotopic (exact) mass is 159 g/mol. The summed E-state index contributed by atoms with van der Waals surface area (Å²) in [5, 5.41) is 11.7. The van der Waals surface area contributed by atoms with Gasteiger partial charge in [-0.2, -0.15) is 0 Å². The van der Waals surface area contributed by atoms with Crippen LogP contribution in [0.2, 0.25) is 0 Å². The third kappa shape index (κ3) is 5.20. The van der Waals surface area contributed by atoms with E-state index in [1.807, 2.05) is 0 Å². The van der Waals surface area contributed by atoms with Gasteiger partial charge in [-0.3, -0.25) is 0 Å². The Bertz CT molecular complexity index is 174. The summed E-state index contributed by atoms with van der Waals surface area (Å²) in [6.07, 6.45) is -1.12. The van der Waals surface area contributed by atoms with E-state index in [4.69, 9.17) is 10.6 Å². The quantitative estimate of drug-likeness (QED) is 0.209. The summed E-state index contributed by atoms with van der Waals surface area (Å²) in [6, 6.07) is 0. The number of ether oxygens (including phenoxy) is 1. The van der Waals surface area contributed by atoms with Crippen molar-refractivity contribution < 1.29 is 14.6 Å². The molecule has 0 radical (unpaired) electrons. The van der Waals surface area contributed by atoms with Gasteiger partial charge in [0.2, 0.25) is 0 Å². The SMILES string of the molecule is CC(O)C(=O)OCCN=[N+]=[N-]. The molecule has 0 aromatic rings. The molecule has 0 saturated heterocycles. The van der Waals surface area contributed by atoms with Crippen LogP contribution in [-0.4, -0.2) is 30.3 Å². The molecule has 0 aromatic carbocycles. The van der Waals surface area contributed by atoms with Crippen LogP contribution in [0.4, 0.5) is 0 Å². The van der Waals surface area contributed by atoms with E-state index in [1.54, 1.807) is 0 Å². The Morgan fingerprint density at radius 2 is 2.55 bits per heavy atom. The molecule has 0 rings (SSSR count). The van der Waals surface area contributed by atoms with Crippen LogP contribution in [-0.2, 0) is 9.53 Å². The second-order valence-corrected chi connectivity index (χ2v) is 1.80. The fraction of sp³-hybridized carbons (Fsp3) is 0.800. The molecular formula is C5H9N3O3. The highest BCUT2D eigenvalue weighted by Gasteiger charge is 2.08. The second-order valence-electron chi connectivity index (χ2n) is 1.80. The molecule has 0 saturated carbocycles. The zero-order valence-electron chi connectivity index (χ0n) is 6.10. The van der Waals surface area contributed by atoms with Gasteiger partial charge >= 0.3 is 5.97 Å². The van der Waals surface area contributed by atoms with E-state index in [9.17, 15) is 4.79 Å². The molecule has 62 valence electrons. The Labute approximate surface area is 63.4 Å². The van der Waals surface area contributed by atoms with Crippen LogP contribution in [0, 0.1) is 0 Å². The van der Waals surface area contributed by atoms with E-state index < -0.39 is 12.1 Å². The number of carbonyl (C=O) groups excluding carboxylic acids is 1. The van der Waals surface area contributed by atoms with Gasteiger partial charge in [-0.05, 0) is 12.5 Å². The molecule has 0 aliphatic rings. The highest BCUT2D eigenvalue weighted by atomic mass is 16.5. The molecule has 0 aliphatic carbocycles. The number of azide groups is 1. The van der Waals surface area contributed by atoms with Crippen LogP contribution in [0.5, 0.6) is 0 Å². The third-order valence-electron chi connectivity index (χ3n) is 0.840. The van der Waals surface area contributed by atoms with Crippen molar-refractivity contribution in [1.29, 1.82) is 0 Å². The van der Waals surface area contributed by atoms with Gasteiger partial charge in [0.15, 0.2) is 0 Å². The number of nitrogens with zero attached hydrogens (tertiary/aromatic N) is 3. The number of esters is 1.